The highest BCUT2D eigenvalue weighted by Gasteiger charge is 2.28. The highest BCUT2D eigenvalue weighted by atomic mass is 79.9. The molecule has 5 heteroatoms. The number of hydrogen-bond acceptors (Lipinski definition) is 4. The van der Waals surface area contributed by atoms with Crippen molar-refractivity contribution < 1.29 is 0 Å². The zero-order chi connectivity index (χ0) is 13.1. The van der Waals surface area contributed by atoms with Crippen LogP contribution in [-0.4, -0.2) is 49.6 Å². The van der Waals surface area contributed by atoms with Crippen molar-refractivity contribution in [1.29, 1.82) is 0 Å². The van der Waals surface area contributed by atoms with Gasteiger partial charge in [-0.05, 0) is 60.9 Å². The average Bonchev–Trinajstić information content (AvgIpc) is 2.77. The van der Waals surface area contributed by atoms with Crippen LogP contribution in [0.4, 0.5) is 0 Å². The van der Waals surface area contributed by atoms with Crippen LogP contribution >= 0.6 is 27.3 Å². The molecular formula is C13H22BrN3S. The summed E-state index contributed by atoms with van der Waals surface area (Å²) in [6, 6.07) is 3.14. The van der Waals surface area contributed by atoms with Gasteiger partial charge < -0.3 is 10.6 Å². The summed E-state index contributed by atoms with van der Waals surface area (Å²) in [5.74, 6) is 0. The zero-order valence-corrected chi connectivity index (χ0v) is 13.5. The van der Waals surface area contributed by atoms with Gasteiger partial charge in [-0.25, -0.2) is 0 Å². The number of hydrogen-bond donors (Lipinski definition) is 1. The van der Waals surface area contributed by atoms with Crippen LogP contribution in [0.3, 0.4) is 0 Å². The molecule has 1 saturated heterocycles. The molecule has 1 aromatic heterocycles. The van der Waals surface area contributed by atoms with Gasteiger partial charge in [-0.3, -0.25) is 4.90 Å². The molecule has 2 unspecified atom stereocenters. The molecule has 0 aromatic carbocycles. The molecule has 0 spiro atoms. The number of likely N-dealkylation sites (tertiary alicyclic amines) is 1. The van der Waals surface area contributed by atoms with E-state index in [-0.39, 0.29) is 0 Å². The molecule has 0 amide bonds. The Balaban J connectivity index is 2.11. The van der Waals surface area contributed by atoms with E-state index < -0.39 is 0 Å². The van der Waals surface area contributed by atoms with Crippen molar-refractivity contribution in [1.82, 2.24) is 9.80 Å². The first kappa shape index (κ1) is 14.5. The van der Waals surface area contributed by atoms with Gasteiger partial charge in [0.25, 0.3) is 0 Å². The predicted octanol–water partition coefficient (Wildman–Crippen LogP) is 2.54. The molecule has 18 heavy (non-hydrogen) atoms. The van der Waals surface area contributed by atoms with E-state index in [1.807, 2.05) is 0 Å². The maximum absolute atomic E-state index is 6.02. The van der Waals surface area contributed by atoms with Crippen molar-refractivity contribution in [3.63, 3.8) is 0 Å². The summed E-state index contributed by atoms with van der Waals surface area (Å²) in [6.45, 7) is 2.98. The van der Waals surface area contributed by atoms with Crippen molar-refractivity contribution in [3.8, 4) is 0 Å². The second-order valence-corrected chi connectivity index (χ2v) is 6.94. The lowest BCUT2D eigenvalue weighted by Crippen LogP contribution is -2.47. The van der Waals surface area contributed by atoms with Crippen molar-refractivity contribution in [2.24, 2.45) is 5.73 Å². The molecule has 2 rings (SSSR count). The summed E-state index contributed by atoms with van der Waals surface area (Å²) in [6.07, 6.45) is 2.56. The molecule has 2 heterocycles. The van der Waals surface area contributed by atoms with Crippen molar-refractivity contribution >= 4 is 27.3 Å². The Morgan fingerprint density at radius 3 is 2.94 bits per heavy atom. The Labute approximate surface area is 122 Å². The number of rotatable bonds is 4. The van der Waals surface area contributed by atoms with Crippen molar-refractivity contribution in [2.75, 3.05) is 33.7 Å². The Kier molecular flexibility index (Phi) is 5.21. The Morgan fingerprint density at radius 2 is 2.39 bits per heavy atom. The summed E-state index contributed by atoms with van der Waals surface area (Å²) >= 11 is 5.44. The number of nitrogens with zero attached hydrogens (tertiary/aromatic N) is 2. The number of thiophene rings is 1. The fourth-order valence-corrected chi connectivity index (χ4v) is 4.44. The largest absolute Gasteiger partial charge is 0.329 e. The minimum atomic E-state index is 0.363. The van der Waals surface area contributed by atoms with E-state index >= 15 is 0 Å². The lowest BCUT2D eigenvalue weighted by Gasteiger charge is -2.40. The minimum absolute atomic E-state index is 0.363. The third kappa shape index (κ3) is 3.14. The van der Waals surface area contributed by atoms with E-state index in [1.165, 1.54) is 22.2 Å². The number of halogens is 1. The van der Waals surface area contributed by atoms with Crippen LogP contribution in [0.2, 0.25) is 0 Å². The van der Waals surface area contributed by atoms with Crippen LogP contribution in [0.1, 0.15) is 23.8 Å². The van der Waals surface area contributed by atoms with Crippen LogP contribution in [0, 0.1) is 0 Å². The predicted molar refractivity (Wildman–Crippen MR) is 82.1 cm³/mol. The molecule has 1 aromatic rings. The van der Waals surface area contributed by atoms with Gasteiger partial charge in [-0.2, -0.15) is 0 Å². The van der Waals surface area contributed by atoms with E-state index in [9.17, 15) is 0 Å². The van der Waals surface area contributed by atoms with Crippen LogP contribution < -0.4 is 5.73 Å². The van der Waals surface area contributed by atoms with Gasteiger partial charge in [0, 0.05) is 28.5 Å². The molecule has 1 aliphatic heterocycles. The maximum atomic E-state index is 6.02. The number of piperidine rings is 1. The fraction of sp³-hybridized carbons (Fsp3) is 0.692. The van der Waals surface area contributed by atoms with Gasteiger partial charge in [0.2, 0.25) is 0 Å². The summed E-state index contributed by atoms with van der Waals surface area (Å²) < 4.78 is 1.20. The Morgan fingerprint density at radius 1 is 1.61 bits per heavy atom. The lowest BCUT2D eigenvalue weighted by molar-refractivity contribution is 0.0995. The van der Waals surface area contributed by atoms with Gasteiger partial charge >= 0.3 is 0 Å². The van der Waals surface area contributed by atoms with Crippen molar-refractivity contribution in [2.45, 2.75) is 24.9 Å². The van der Waals surface area contributed by atoms with E-state index in [4.69, 9.17) is 5.73 Å². The van der Waals surface area contributed by atoms with E-state index in [1.54, 1.807) is 11.3 Å². The quantitative estimate of drug-likeness (QED) is 0.920. The highest BCUT2D eigenvalue weighted by molar-refractivity contribution is 9.10. The van der Waals surface area contributed by atoms with Crippen molar-refractivity contribution in [3.05, 3.63) is 20.8 Å². The van der Waals surface area contributed by atoms with E-state index in [0.29, 0.717) is 18.6 Å². The third-order valence-electron chi connectivity index (χ3n) is 3.77. The second-order valence-electron chi connectivity index (χ2n) is 5.14. The Bertz CT molecular complexity index is 380. The standard InChI is InChI=1S/C13H22BrN3S/c1-16(2)10-4-3-6-17(9-10)12(8-15)13-11(14)5-7-18-13/h5,7,10,12H,3-4,6,8-9,15H2,1-2H3. The molecule has 0 aliphatic carbocycles. The van der Waals surface area contributed by atoms with Crippen LogP contribution in [0.15, 0.2) is 15.9 Å². The molecule has 0 saturated carbocycles. The Hall–Kier alpha value is 0.0600. The first-order valence-corrected chi connectivity index (χ1v) is 8.14. The van der Waals surface area contributed by atoms with Gasteiger partial charge in [0.1, 0.15) is 0 Å². The molecule has 1 fully saturated rings. The minimum Gasteiger partial charge on any atom is -0.329 e. The molecule has 0 bridgehead atoms. The molecule has 2 atom stereocenters. The monoisotopic (exact) mass is 331 g/mol. The summed E-state index contributed by atoms with van der Waals surface area (Å²) in [5.41, 5.74) is 6.02. The smallest absolute Gasteiger partial charge is 0.0576 e. The zero-order valence-electron chi connectivity index (χ0n) is 11.1. The van der Waals surface area contributed by atoms with Gasteiger partial charge in [-0.15, -0.1) is 11.3 Å². The first-order chi connectivity index (χ1) is 8.63. The molecule has 3 nitrogen and oxygen atoms in total. The average molecular weight is 332 g/mol. The van der Waals surface area contributed by atoms with Gasteiger partial charge in [0.15, 0.2) is 0 Å². The topological polar surface area (TPSA) is 32.5 Å². The molecule has 1 aliphatic rings. The maximum Gasteiger partial charge on any atom is 0.0576 e. The van der Waals surface area contributed by atoms with Crippen LogP contribution in [0.25, 0.3) is 0 Å². The number of nitrogens with two attached hydrogens (primary N) is 1. The van der Waals surface area contributed by atoms with E-state index in [0.717, 1.165) is 13.1 Å². The summed E-state index contributed by atoms with van der Waals surface area (Å²) in [5, 5.41) is 2.13. The number of likely N-dealkylation sites (N-methyl/N-ethyl adjacent to an activating group) is 1. The normalized spacial score (nSPS) is 23.5. The van der Waals surface area contributed by atoms with E-state index in [2.05, 4.69) is 51.3 Å². The molecular weight excluding hydrogens is 310 g/mol. The van der Waals surface area contributed by atoms with Crippen LogP contribution in [-0.2, 0) is 0 Å². The molecule has 102 valence electrons. The van der Waals surface area contributed by atoms with Gasteiger partial charge in [0.05, 0.1) is 6.04 Å². The summed E-state index contributed by atoms with van der Waals surface area (Å²) in [4.78, 5) is 6.26. The molecule has 2 N–H and O–H groups in total. The highest BCUT2D eigenvalue weighted by Crippen LogP contribution is 2.33. The molecule has 0 radical (unpaired) electrons. The first-order valence-electron chi connectivity index (χ1n) is 6.47. The third-order valence-corrected chi connectivity index (χ3v) is 5.74. The lowest BCUT2D eigenvalue weighted by atomic mass is 10.0. The summed E-state index contributed by atoms with van der Waals surface area (Å²) in [7, 11) is 4.35. The van der Waals surface area contributed by atoms with Gasteiger partial charge in [-0.1, -0.05) is 0 Å². The fourth-order valence-electron chi connectivity index (χ4n) is 2.65. The van der Waals surface area contributed by atoms with Crippen LogP contribution in [0.5, 0.6) is 0 Å². The second kappa shape index (κ2) is 6.48. The SMILES string of the molecule is CN(C)C1CCCN(C(CN)c2sccc2Br)C1.